The Morgan fingerprint density at radius 2 is 2.36 bits per heavy atom. The summed E-state index contributed by atoms with van der Waals surface area (Å²) in [5, 5.41) is 0. The number of halogens is 1. The van der Waals surface area contributed by atoms with Crippen LogP contribution in [0.2, 0.25) is 0 Å². The monoisotopic (exact) mass is 274 g/mol. The van der Waals surface area contributed by atoms with Gasteiger partial charge < -0.3 is 5.73 Å². The van der Waals surface area contributed by atoms with Crippen LogP contribution in [0.3, 0.4) is 0 Å². The standard InChI is InChI=1S/C10H15BrN2S/c1-8(3-12)6-14-7-9-2-10(11)5-13-4-9/h2,4-5,8H,3,6-7,12H2,1H3. The molecule has 1 aromatic rings. The van der Waals surface area contributed by atoms with Crippen LogP contribution in [-0.4, -0.2) is 17.3 Å². The molecule has 0 aromatic carbocycles. The molecule has 1 unspecified atom stereocenters. The zero-order valence-electron chi connectivity index (χ0n) is 8.24. The maximum Gasteiger partial charge on any atom is 0.0410 e. The van der Waals surface area contributed by atoms with E-state index in [1.54, 1.807) is 6.20 Å². The topological polar surface area (TPSA) is 38.9 Å². The SMILES string of the molecule is CC(CN)CSCc1cncc(Br)c1. The van der Waals surface area contributed by atoms with E-state index in [0.717, 1.165) is 22.5 Å². The molecule has 0 aliphatic heterocycles. The second-order valence-corrected chi connectivity index (χ2v) is 5.31. The fourth-order valence-corrected chi connectivity index (χ4v) is 2.44. The van der Waals surface area contributed by atoms with Gasteiger partial charge in [-0.2, -0.15) is 11.8 Å². The average Bonchev–Trinajstić information content (AvgIpc) is 2.17. The molecule has 0 saturated carbocycles. The van der Waals surface area contributed by atoms with Crippen molar-refractivity contribution in [3.8, 4) is 0 Å². The summed E-state index contributed by atoms with van der Waals surface area (Å²) in [7, 11) is 0. The number of rotatable bonds is 5. The number of hydrogen-bond donors (Lipinski definition) is 1. The predicted octanol–water partition coefficient (Wildman–Crippen LogP) is 2.67. The van der Waals surface area contributed by atoms with Crippen molar-refractivity contribution < 1.29 is 0 Å². The van der Waals surface area contributed by atoms with E-state index in [0.29, 0.717) is 5.92 Å². The molecule has 1 heterocycles. The van der Waals surface area contributed by atoms with Crippen LogP contribution in [0.25, 0.3) is 0 Å². The quantitative estimate of drug-likeness (QED) is 0.898. The van der Waals surface area contributed by atoms with Crippen LogP contribution >= 0.6 is 27.7 Å². The van der Waals surface area contributed by atoms with Crippen LogP contribution in [0.1, 0.15) is 12.5 Å². The van der Waals surface area contributed by atoms with Gasteiger partial charge in [-0.25, -0.2) is 0 Å². The molecular weight excluding hydrogens is 260 g/mol. The molecule has 0 amide bonds. The first-order chi connectivity index (χ1) is 6.72. The van der Waals surface area contributed by atoms with E-state index >= 15 is 0 Å². The molecule has 14 heavy (non-hydrogen) atoms. The van der Waals surface area contributed by atoms with Gasteiger partial charge in [0.1, 0.15) is 0 Å². The fraction of sp³-hybridized carbons (Fsp3) is 0.500. The summed E-state index contributed by atoms with van der Waals surface area (Å²) in [6.07, 6.45) is 3.71. The molecule has 1 rings (SSSR count). The summed E-state index contributed by atoms with van der Waals surface area (Å²) in [6.45, 7) is 2.94. The molecule has 0 bridgehead atoms. The number of thioether (sulfide) groups is 1. The van der Waals surface area contributed by atoms with Gasteiger partial charge in [0.15, 0.2) is 0 Å². The summed E-state index contributed by atoms with van der Waals surface area (Å²) in [4.78, 5) is 4.12. The number of nitrogens with zero attached hydrogens (tertiary/aromatic N) is 1. The van der Waals surface area contributed by atoms with Crippen molar-refractivity contribution in [3.05, 3.63) is 28.5 Å². The van der Waals surface area contributed by atoms with E-state index in [2.05, 4.69) is 33.9 Å². The van der Waals surface area contributed by atoms with Gasteiger partial charge in [-0.05, 0) is 45.8 Å². The third kappa shape index (κ3) is 4.44. The van der Waals surface area contributed by atoms with E-state index < -0.39 is 0 Å². The molecule has 0 aliphatic rings. The lowest BCUT2D eigenvalue weighted by Crippen LogP contribution is -2.12. The Balaban J connectivity index is 2.31. The molecule has 0 radical (unpaired) electrons. The highest BCUT2D eigenvalue weighted by atomic mass is 79.9. The molecule has 2 nitrogen and oxygen atoms in total. The molecule has 0 saturated heterocycles. The van der Waals surface area contributed by atoms with E-state index in [1.165, 1.54) is 5.56 Å². The van der Waals surface area contributed by atoms with Crippen molar-refractivity contribution in [2.45, 2.75) is 12.7 Å². The van der Waals surface area contributed by atoms with Gasteiger partial charge in [0.25, 0.3) is 0 Å². The van der Waals surface area contributed by atoms with Gasteiger partial charge in [0.2, 0.25) is 0 Å². The highest BCUT2D eigenvalue weighted by Gasteiger charge is 2.00. The second-order valence-electron chi connectivity index (χ2n) is 3.37. The van der Waals surface area contributed by atoms with Gasteiger partial charge in [-0.3, -0.25) is 4.98 Å². The van der Waals surface area contributed by atoms with Crippen molar-refractivity contribution in [2.75, 3.05) is 12.3 Å². The first-order valence-electron chi connectivity index (χ1n) is 4.59. The summed E-state index contributed by atoms with van der Waals surface area (Å²) in [6, 6.07) is 2.10. The van der Waals surface area contributed by atoms with Gasteiger partial charge in [-0.1, -0.05) is 6.92 Å². The number of aromatic nitrogens is 1. The second kappa shape index (κ2) is 6.43. The maximum atomic E-state index is 5.54. The minimum atomic E-state index is 0.597. The van der Waals surface area contributed by atoms with Crippen molar-refractivity contribution in [1.82, 2.24) is 4.98 Å². The fourth-order valence-electron chi connectivity index (χ4n) is 0.981. The highest BCUT2D eigenvalue weighted by molar-refractivity contribution is 9.10. The van der Waals surface area contributed by atoms with Gasteiger partial charge in [0, 0.05) is 22.6 Å². The van der Waals surface area contributed by atoms with Crippen molar-refractivity contribution in [3.63, 3.8) is 0 Å². The first kappa shape index (κ1) is 12.0. The number of nitrogens with two attached hydrogens (primary N) is 1. The summed E-state index contributed by atoms with van der Waals surface area (Å²) < 4.78 is 1.04. The molecule has 78 valence electrons. The Hall–Kier alpha value is -0.0600. The molecule has 2 N–H and O–H groups in total. The van der Waals surface area contributed by atoms with E-state index in [9.17, 15) is 0 Å². The molecule has 4 heteroatoms. The third-order valence-corrected chi connectivity index (χ3v) is 3.61. The van der Waals surface area contributed by atoms with E-state index in [-0.39, 0.29) is 0 Å². The maximum absolute atomic E-state index is 5.54. The zero-order valence-corrected chi connectivity index (χ0v) is 10.6. The smallest absolute Gasteiger partial charge is 0.0410 e. The lowest BCUT2D eigenvalue weighted by atomic mass is 10.2. The van der Waals surface area contributed by atoms with Gasteiger partial charge >= 0.3 is 0 Å². The molecule has 0 aliphatic carbocycles. The Bertz CT molecular complexity index is 281. The molecule has 1 aromatic heterocycles. The van der Waals surface area contributed by atoms with Gasteiger partial charge in [0.05, 0.1) is 0 Å². The van der Waals surface area contributed by atoms with Crippen LogP contribution in [-0.2, 0) is 5.75 Å². The Morgan fingerprint density at radius 3 is 3.00 bits per heavy atom. The minimum Gasteiger partial charge on any atom is -0.330 e. The van der Waals surface area contributed by atoms with Gasteiger partial charge in [-0.15, -0.1) is 0 Å². The first-order valence-corrected chi connectivity index (χ1v) is 6.54. The predicted molar refractivity (Wildman–Crippen MR) is 66.3 cm³/mol. The van der Waals surface area contributed by atoms with Crippen LogP contribution in [0.15, 0.2) is 22.9 Å². The van der Waals surface area contributed by atoms with Crippen molar-refractivity contribution in [1.29, 1.82) is 0 Å². The molecule has 1 atom stereocenters. The minimum absolute atomic E-state index is 0.597. The Labute approximate surface area is 97.8 Å². The Kier molecular flexibility index (Phi) is 5.52. The molecule has 0 spiro atoms. The van der Waals surface area contributed by atoms with E-state index in [4.69, 9.17) is 5.73 Å². The van der Waals surface area contributed by atoms with Crippen LogP contribution in [0.5, 0.6) is 0 Å². The van der Waals surface area contributed by atoms with Crippen LogP contribution in [0, 0.1) is 5.92 Å². The van der Waals surface area contributed by atoms with Crippen LogP contribution in [0.4, 0.5) is 0 Å². The molecule has 0 fully saturated rings. The third-order valence-electron chi connectivity index (χ3n) is 1.83. The lowest BCUT2D eigenvalue weighted by Gasteiger charge is -2.07. The normalized spacial score (nSPS) is 12.8. The van der Waals surface area contributed by atoms with E-state index in [1.807, 2.05) is 18.0 Å². The number of pyridine rings is 1. The van der Waals surface area contributed by atoms with Crippen LogP contribution < -0.4 is 5.73 Å². The number of hydrogen-bond acceptors (Lipinski definition) is 3. The van der Waals surface area contributed by atoms with Crippen molar-refractivity contribution >= 4 is 27.7 Å². The lowest BCUT2D eigenvalue weighted by molar-refractivity contribution is 0.675. The summed E-state index contributed by atoms with van der Waals surface area (Å²) in [5.41, 5.74) is 6.80. The van der Waals surface area contributed by atoms with Crippen molar-refractivity contribution in [2.24, 2.45) is 11.7 Å². The average molecular weight is 275 g/mol. The summed E-state index contributed by atoms with van der Waals surface area (Å²) >= 11 is 5.31. The molecular formula is C10H15BrN2S. The zero-order chi connectivity index (χ0) is 10.4. The highest BCUT2D eigenvalue weighted by Crippen LogP contribution is 2.17. The summed E-state index contributed by atoms with van der Waals surface area (Å²) in [5.74, 6) is 2.72. The Morgan fingerprint density at radius 1 is 1.57 bits per heavy atom. The largest absolute Gasteiger partial charge is 0.330 e.